The molecule has 2 amide bonds. The average Bonchev–Trinajstić information content (AvgIpc) is 3.31. The zero-order valence-corrected chi connectivity index (χ0v) is 20.8. The molecule has 0 heterocycles. The molecule has 1 atom stereocenters. The lowest BCUT2D eigenvalue weighted by Crippen LogP contribution is -2.51. The predicted octanol–water partition coefficient (Wildman–Crippen LogP) is 5.92. The zero-order valence-electron chi connectivity index (χ0n) is 20.8. The predicted molar refractivity (Wildman–Crippen MR) is 135 cm³/mol. The third kappa shape index (κ3) is 6.93. The second-order valence-corrected chi connectivity index (χ2v) is 9.76. The highest BCUT2D eigenvalue weighted by Crippen LogP contribution is 2.21. The number of nitrogens with zero attached hydrogens (tertiary/aromatic N) is 1. The van der Waals surface area contributed by atoms with Gasteiger partial charge in [-0.3, -0.25) is 9.59 Å². The van der Waals surface area contributed by atoms with Crippen LogP contribution in [0.5, 0.6) is 0 Å². The largest absolute Gasteiger partial charge is 0.352 e. The Kier molecular flexibility index (Phi) is 9.11. The number of carbonyl (C=O) groups excluding carboxylic acids is 2. The van der Waals surface area contributed by atoms with E-state index in [4.69, 9.17) is 0 Å². The number of hydrogen-bond donors (Lipinski definition) is 1. The van der Waals surface area contributed by atoms with Crippen LogP contribution in [0.2, 0.25) is 0 Å². The van der Waals surface area contributed by atoms with E-state index >= 15 is 0 Å². The SMILES string of the molecule is CC[C@H](C(=O)NC1CCCC1)N(Cc1ccccc1C)C(=O)CCc1ccc(C(C)C)cc1. The first-order valence-electron chi connectivity index (χ1n) is 12.6. The third-order valence-corrected chi connectivity index (χ3v) is 6.96. The van der Waals surface area contributed by atoms with Crippen LogP contribution in [0, 0.1) is 6.92 Å². The van der Waals surface area contributed by atoms with Crippen LogP contribution < -0.4 is 5.32 Å². The average molecular weight is 449 g/mol. The maximum Gasteiger partial charge on any atom is 0.243 e. The highest BCUT2D eigenvalue weighted by Gasteiger charge is 2.30. The maximum absolute atomic E-state index is 13.5. The molecule has 0 unspecified atom stereocenters. The lowest BCUT2D eigenvalue weighted by Gasteiger charge is -2.32. The molecule has 1 saturated carbocycles. The van der Waals surface area contributed by atoms with Gasteiger partial charge in [0.1, 0.15) is 6.04 Å². The van der Waals surface area contributed by atoms with Gasteiger partial charge in [-0.05, 0) is 60.8 Å². The lowest BCUT2D eigenvalue weighted by molar-refractivity contribution is -0.141. The van der Waals surface area contributed by atoms with Crippen LogP contribution in [0.1, 0.15) is 87.5 Å². The first-order chi connectivity index (χ1) is 15.9. The Labute approximate surface area is 199 Å². The van der Waals surface area contributed by atoms with Crippen molar-refractivity contribution in [1.82, 2.24) is 10.2 Å². The van der Waals surface area contributed by atoms with Crippen molar-refractivity contribution < 1.29 is 9.59 Å². The molecular weight excluding hydrogens is 408 g/mol. The van der Waals surface area contributed by atoms with Crippen LogP contribution in [0.15, 0.2) is 48.5 Å². The number of aryl methyl sites for hydroxylation is 2. The normalized spacial score (nSPS) is 14.9. The summed E-state index contributed by atoms with van der Waals surface area (Å²) in [5.74, 6) is 0.529. The van der Waals surface area contributed by atoms with Crippen molar-refractivity contribution in [1.29, 1.82) is 0 Å². The van der Waals surface area contributed by atoms with E-state index in [1.54, 1.807) is 0 Å². The molecule has 4 nitrogen and oxygen atoms in total. The van der Waals surface area contributed by atoms with Crippen LogP contribution in [-0.2, 0) is 22.6 Å². The number of benzene rings is 2. The molecule has 1 fully saturated rings. The van der Waals surface area contributed by atoms with Crippen molar-refractivity contribution in [2.45, 2.75) is 97.2 Å². The molecule has 1 N–H and O–H groups in total. The summed E-state index contributed by atoms with van der Waals surface area (Å²) in [6.07, 6.45) is 6.12. The van der Waals surface area contributed by atoms with Crippen molar-refractivity contribution in [3.63, 3.8) is 0 Å². The summed E-state index contributed by atoms with van der Waals surface area (Å²) in [5.41, 5.74) is 4.71. The molecule has 1 aliphatic carbocycles. The van der Waals surface area contributed by atoms with Gasteiger partial charge in [-0.25, -0.2) is 0 Å². The fraction of sp³-hybridized carbons (Fsp3) is 0.517. The molecule has 0 radical (unpaired) electrons. The molecule has 4 heteroatoms. The Balaban J connectivity index is 1.74. The third-order valence-electron chi connectivity index (χ3n) is 6.96. The number of amides is 2. The summed E-state index contributed by atoms with van der Waals surface area (Å²) in [6, 6.07) is 16.5. The molecule has 0 saturated heterocycles. The Hall–Kier alpha value is -2.62. The minimum atomic E-state index is -0.443. The van der Waals surface area contributed by atoms with E-state index in [1.807, 2.05) is 24.0 Å². The summed E-state index contributed by atoms with van der Waals surface area (Å²) in [4.78, 5) is 28.5. The number of rotatable bonds is 10. The number of carbonyl (C=O) groups is 2. The summed E-state index contributed by atoms with van der Waals surface area (Å²) in [5, 5.41) is 3.22. The summed E-state index contributed by atoms with van der Waals surface area (Å²) in [6.45, 7) is 8.90. The van der Waals surface area contributed by atoms with Crippen LogP contribution in [0.3, 0.4) is 0 Å². The van der Waals surface area contributed by atoms with E-state index in [2.05, 4.69) is 62.5 Å². The Morgan fingerprint density at radius 2 is 1.70 bits per heavy atom. The molecule has 0 bridgehead atoms. The maximum atomic E-state index is 13.5. The van der Waals surface area contributed by atoms with Crippen LogP contribution >= 0.6 is 0 Å². The Morgan fingerprint density at radius 1 is 1.03 bits per heavy atom. The van der Waals surface area contributed by atoms with Gasteiger partial charge in [0, 0.05) is 19.0 Å². The minimum Gasteiger partial charge on any atom is -0.352 e. The van der Waals surface area contributed by atoms with Gasteiger partial charge in [-0.15, -0.1) is 0 Å². The second kappa shape index (κ2) is 12.0. The van der Waals surface area contributed by atoms with Gasteiger partial charge in [-0.1, -0.05) is 82.1 Å². The molecule has 3 rings (SSSR count). The molecule has 0 aromatic heterocycles. The first kappa shape index (κ1) is 25.0. The topological polar surface area (TPSA) is 49.4 Å². The zero-order chi connectivity index (χ0) is 23.8. The highest BCUT2D eigenvalue weighted by molar-refractivity contribution is 5.88. The fourth-order valence-corrected chi connectivity index (χ4v) is 4.72. The van der Waals surface area contributed by atoms with Gasteiger partial charge in [0.25, 0.3) is 0 Å². The fourth-order valence-electron chi connectivity index (χ4n) is 4.72. The van der Waals surface area contributed by atoms with Gasteiger partial charge in [0.2, 0.25) is 11.8 Å². The summed E-state index contributed by atoms with van der Waals surface area (Å²) in [7, 11) is 0. The quantitative estimate of drug-likeness (QED) is 0.491. The van der Waals surface area contributed by atoms with Crippen molar-refractivity contribution in [2.24, 2.45) is 0 Å². The lowest BCUT2D eigenvalue weighted by atomic mass is 9.99. The van der Waals surface area contributed by atoms with Gasteiger partial charge in [0.15, 0.2) is 0 Å². The monoisotopic (exact) mass is 448 g/mol. The molecule has 0 spiro atoms. The van der Waals surface area contributed by atoms with Crippen LogP contribution in [-0.4, -0.2) is 28.8 Å². The van der Waals surface area contributed by atoms with Gasteiger partial charge in [-0.2, -0.15) is 0 Å². The van der Waals surface area contributed by atoms with E-state index in [1.165, 1.54) is 18.4 Å². The van der Waals surface area contributed by atoms with E-state index in [0.29, 0.717) is 31.7 Å². The van der Waals surface area contributed by atoms with Crippen molar-refractivity contribution in [3.05, 3.63) is 70.8 Å². The molecule has 2 aromatic rings. The minimum absolute atomic E-state index is 0.00683. The smallest absolute Gasteiger partial charge is 0.243 e. The van der Waals surface area contributed by atoms with Gasteiger partial charge >= 0.3 is 0 Å². The van der Waals surface area contributed by atoms with E-state index in [9.17, 15) is 9.59 Å². The van der Waals surface area contributed by atoms with Gasteiger partial charge in [0.05, 0.1) is 0 Å². The number of hydrogen-bond acceptors (Lipinski definition) is 2. The van der Waals surface area contributed by atoms with Crippen molar-refractivity contribution in [2.75, 3.05) is 0 Å². The standard InChI is InChI=1S/C29H40N2O2/c1-5-27(29(33)30-26-12-8-9-13-26)31(20-25-11-7-6-10-22(25)4)28(32)19-16-23-14-17-24(18-15-23)21(2)3/h6-7,10-11,14-15,17-18,21,26-27H,5,8-9,12-13,16,19-20H2,1-4H3,(H,30,33)/t27-/m1/s1. The van der Waals surface area contributed by atoms with E-state index in [-0.39, 0.29) is 17.9 Å². The molecular formula is C29H40N2O2. The first-order valence-corrected chi connectivity index (χ1v) is 12.6. The number of nitrogens with one attached hydrogen (secondary N) is 1. The molecule has 33 heavy (non-hydrogen) atoms. The van der Waals surface area contributed by atoms with Crippen LogP contribution in [0.25, 0.3) is 0 Å². The highest BCUT2D eigenvalue weighted by atomic mass is 16.2. The molecule has 2 aromatic carbocycles. The summed E-state index contributed by atoms with van der Waals surface area (Å²) >= 11 is 0. The van der Waals surface area contributed by atoms with Gasteiger partial charge < -0.3 is 10.2 Å². The Morgan fingerprint density at radius 3 is 2.30 bits per heavy atom. The van der Waals surface area contributed by atoms with Crippen molar-refractivity contribution in [3.8, 4) is 0 Å². The van der Waals surface area contributed by atoms with Crippen molar-refractivity contribution >= 4 is 11.8 Å². The molecule has 1 aliphatic rings. The molecule has 178 valence electrons. The second-order valence-electron chi connectivity index (χ2n) is 9.76. The van der Waals surface area contributed by atoms with E-state index in [0.717, 1.165) is 29.5 Å². The molecule has 0 aliphatic heterocycles. The van der Waals surface area contributed by atoms with Crippen LogP contribution in [0.4, 0.5) is 0 Å². The summed E-state index contributed by atoms with van der Waals surface area (Å²) < 4.78 is 0. The Bertz CT molecular complexity index is 913. The van der Waals surface area contributed by atoms with E-state index < -0.39 is 6.04 Å².